The minimum Gasteiger partial charge on any atom is -0.316 e. The molecule has 1 aromatic rings. The third kappa shape index (κ3) is 1.80. The minimum absolute atomic E-state index is 0.159. The number of hydrogen-bond acceptors (Lipinski definition) is 1. The lowest BCUT2D eigenvalue weighted by molar-refractivity contribution is 0.459. The van der Waals surface area contributed by atoms with Crippen LogP contribution in [-0.4, -0.2) is 7.05 Å². The highest BCUT2D eigenvalue weighted by Crippen LogP contribution is 2.14. The van der Waals surface area contributed by atoms with Crippen molar-refractivity contribution in [3.8, 4) is 0 Å². The van der Waals surface area contributed by atoms with Crippen LogP contribution in [0.15, 0.2) is 18.2 Å². The molecular weight excluding hydrogens is 160 g/mol. The lowest BCUT2D eigenvalue weighted by atomic mass is 10.1. The van der Waals surface area contributed by atoms with Gasteiger partial charge in [0.1, 0.15) is 12.5 Å². The zero-order valence-corrected chi connectivity index (χ0v) is 6.90. The Bertz CT molecular complexity index is 261. The summed E-state index contributed by atoms with van der Waals surface area (Å²) < 4.78 is 25.2. The maximum Gasteiger partial charge on any atom is 0.129 e. The fraction of sp³-hybridized carbons (Fsp3) is 0.333. The van der Waals surface area contributed by atoms with Crippen LogP contribution in [0.5, 0.6) is 0 Å². The standard InChI is InChI=1S/C9H11F2N/c1-12-6-7-3-2-4-9(11)8(7)5-10/h2-4,12H,5-6H2,1H3. The molecule has 0 aliphatic rings. The highest BCUT2D eigenvalue weighted by molar-refractivity contribution is 5.27. The van der Waals surface area contributed by atoms with Crippen molar-refractivity contribution in [2.45, 2.75) is 13.2 Å². The maximum absolute atomic E-state index is 12.9. The SMILES string of the molecule is CNCc1cccc(F)c1CF. The van der Waals surface area contributed by atoms with Crippen LogP contribution in [0.4, 0.5) is 8.78 Å². The van der Waals surface area contributed by atoms with Crippen molar-refractivity contribution in [2.24, 2.45) is 0 Å². The van der Waals surface area contributed by atoms with Crippen LogP contribution in [-0.2, 0) is 13.2 Å². The van der Waals surface area contributed by atoms with E-state index >= 15 is 0 Å². The first kappa shape index (κ1) is 9.13. The van der Waals surface area contributed by atoms with Crippen molar-refractivity contribution in [3.05, 3.63) is 35.1 Å². The zero-order chi connectivity index (χ0) is 8.97. The summed E-state index contributed by atoms with van der Waals surface area (Å²) in [5.74, 6) is -0.467. The third-order valence-corrected chi connectivity index (χ3v) is 1.72. The van der Waals surface area contributed by atoms with E-state index in [1.54, 1.807) is 19.2 Å². The van der Waals surface area contributed by atoms with E-state index in [0.29, 0.717) is 12.1 Å². The molecule has 0 saturated heterocycles. The fourth-order valence-corrected chi connectivity index (χ4v) is 1.11. The number of rotatable bonds is 3. The maximum atomic E-state index is 12.9. The average molecular weight is 171 g/mol. The van der Waals surface area contributed by atoms with Crippen molar-refractivity contribution >= 4 is 0 Å². The molecule has 12 heavy (non-hydrogen) atoms. The largest absolute Gasteiger partial charge is 0.316 e. The lowest BCUT2D eigenvalue weighted by Gasteiger charge is -2.05. The average Bonchev–Trinajstić information content (AvgIpc) is 2.05. The topological polar surface area (TPSA) is 12.0 Å². The van der Waals surface area contributed by atoms with Gasteiger partial charge in [-0.05, 0) is 18.7 Å². The summed E-state index contributed by atoms with van der Waals surface area (Å²) in [5, 5.41) is 2.85. The normalized spacial score (nSPS) is 10.2. The van der Waals surface area contributed by atoms with Gasteiger partial charge in [0.2, 0.25) is 0 Å². The Kier molecular flexibility index (Phi) is 3.17. The molecule has 1 aromatic carbocycles. The first-order chi connectivity index (χ1) is 5.79. The Morgan fingerprint density at radius 2 is 2.17 bits per heavy atom. The molecule has 0 heterocycles. The van der Waals surface area contributed by atoms with E-state index in [2.05, 4.69) is 5.32 Å². The van der Waals surface area contributed by atoms with Crippen molar-refractivity contribution in [1.82, 2.24) is 5.32 Å². The molecule has 0 bridgehead atoms. The highest BCUT2D eigenvalue weighted by atomic mass is 19.1. The van der Waals surface area contributed by atoms with Gasteiger partial charge in [0.15, 0.2) is 0 Å². The molecule has 0 saturated carbocycles. The Morgan fingerprint density at radius 1 is 1.42 bits per heavy atom. The smallest absolute Gasteiger partial charge is 0.129 e. The number of halogens is 2. The first-order valence-corrected chi connectivity index (χ1v) is 3.76. The van der Waals surface area contributed by atoms with Gasteiger partial charge in [-0.3, -0.25) is 0 Å². The second-order valence-electron chi connectivity index (χ2n) is 2.54. The molecule has 1 N–H and O–H groups in total. The molecule has 0 radical (unpaired) electrons. The number of nitrogens with one attached hydrogen (secondary N) is 1. The highest BCUT2D eigenvalue weighted by Gasteiger charge is 2.06. The zero-order valence-electron chi connectivity index (χ0n) is 6.90. The van der Waals surface area contributed by atoms with E-state index in [1.165, 1.54) is 6.07 Å². The summed E-state index contributed by atoms with van der Waals surface area (Å²) in [7, 11) is 1.74. The van der Waals surface area contributed by atoms with E-state index in [1.807, 2.05) is 0 Å². The molecule has 0 fully saturated rings. The van der Waals surface area contributed by atoms with Gasteiger partial charge in [0.25, 0.3) is 0 Å². The third-order valence-electron chi connectivity index (χ3n) is 1.72. The minimum atomic E-state index is -0.746. The van der Waals surface area contributed by atoms with Crippen LogP contribution < -0.4 is 5.32 Å². The molecule has 0 aromatic heterocycles. The molecule has 1 rings (SSSR count). The summed E-state index contributed by atoms with van der Waals surface area (Å²) in [6.45, 7) is -0.249. The second-order valence-corrected chi connectivity index (χ2v) is 2.54. The summed E-state index contributed by atoms with van der Waals surface area (Å²) >= 11 is 0. The predicted octanol–water partition coefficient (Wildman–Crippen LogP) is 2.01. The van der Waals surface area contributed by atoms with Gasteiger partial charge in [-0.1, -0.05) is 12.1 Å². The predicted molar refractivity (Wildman–Crippen MR) is 44.0 cm³/mol. The molecule has 3 heteroatoms. The molecule has 0 unspecified atom stereocenters. The monoisotopic (exact) mass is 171 g/mol. The summed E-state index contributed by atoms with van der Waals surface area (Å²) in [4.78, 5) is 0. The molecule has 1 nitrogen and oxygen atoms in total. The fourth-order valence-electron chi connectivity index (χ4n) is 1.11. The Morgan fingerprint density at radius 3 is 2.75 bits per heavy atom. The van der Waals surface area contributed by atoms with Crippen molar-refractivity contribution in [2.75, 3.05) is 7.05 Å². The van der Waals surface area contributed by atoms with E-state index in [-0.39, 0.29) is 5.56 Å². The van der Waals surface area contributed by atoms with Crippen LogP contribution >= 0.6 is 0 Å². The van der Waals surface area contributed by atoms with Crippen molar-refractivity contribution in [1.29, 1.82) is 0 Å². The van der Waals surface area contributed by atoms with Gasteiger partial charge in [0.05, 0.1) is 0 Å². The van der Waals surface area contributed by atoms with Crippen LogP contribution in [0.25, 0.3) is 0 Å². The Labute approximate surface area is 70.4 Å². The van der Waals surface area contributed by atoms with Gasteiger partial charge in [-0.25, -0.2) is 8.78 Å². The van der Waals surface area contributed by atoms with Crippen LogP contribution in [0.2, 0.25) is 0 Å². The lowest BCUT2D eigenvalue weighted by Crippen LogP contribution is -2.08. The van der Waals surface area contributed by atoms with E-state index < -0.39 is 12.5 Å². The van der Waals surface area contributed by atoms with Gasteiger partial charge < -0.3 is 5.32 Å². The van der Waals surface area contributed by atoms with Crippen LogP contribution in [0.3, 0.4) is 0 Å². The Balaban J connectivity index is 3.00. The van der Waals surface area contributed by atoms with Crippen LogP contribution in [0.1, 0.15) is 11.1 Å². The number of hydrogen-bond donors (Lipinski definition) is 1. The van der Waals surface area contributed by atoms with Gasteiger partial charge in [-0.15, -0.1) is 0 Å². The van der Waals surface area contributed by atoms with Crippen molar-refractivity contribution < 1.29 is 8.78 Å². The molecule has 0 aliphatic carbocycles. The molecular formula is C9H11F2N. The van der Waals surface area contributed by atoms with E-state index in [4.69, 9.17) is 0 Å². The molecule has 0 amide bonds. The first-order valence-electron chi connectivity index (χ1n) is 3.76. The molecule has 0 spiro atoms. The molecule has 0 atom stereocenters. The van der Waals surface area contributed by atoms with E-state index in [0.717, 1.165) is 0 Å². The molecule has 0 aliphatic heterocycles. The van der Waals surface area contributed by atoms with Gasteiger partial charge in [-0.2, -0.15) is 0 Å². The summed E-state index contributed by atoms with van der Waals surface area (Å²) in [6, 6.07) is 4.57. The van der Waals surface area contributed by atoms with E-state index in [9.17, 15) is 8.78 Å². The van der Waals surface area contributed by atoms with Gasteiger partial charge >= 0.3 is 0 Å². The second kappa shape index (κ2) is 4.16. The Hall–Kier alpha value is -0.960. The quantitative estimate of drug-likeness (QED) is 0.733. The number of benzene rings is 1. The number of alkyl halides is 1. The van der Waals surface area contributed by atoms with Crippen molar-refractivity contribution in [3.63, 3.8) is 0 Å². The van der Waals surface area contributed by atoms with Gasteiger partial charge in [0, 0.05) is 12.1 Å². The summed E-state index contributed by atoms with van der Waals surface area (Å²) in [6.07, 6.45) is 0. The molecule has 66 valence electrons. The summed E-state index contributed by atoms with van der Waals surface area (Å²) in [5.41, 5.74) is 0.840. The van der Waals surface area contributed by atoms with Crippen LogP contribution in [0, 0.1) is 5.82 Å².